The van der Waals surface area contributed by atoms with Crippen LogP contribution in [0, 0.1) is 0 Å². The van der Waals surface area contributed by atoms with Crippen molar-refractivity contribution < 1.29 is 4.42 Å². The summed E-state index contributed by atoms with van der Waals surface area (Å²) in [4.78, 5) is 1.41. The minimum absolute atomic E-state index is 0.153. The van der Waals surface area contributed by atoms with Gasteiger partial charge in [-0.1, -0.05) is 38.1 Å². The van der Waals surface area contributed by atoms with Gasteiger partial charge in [0, 0.05) is 22.2 Å². The number of hydrogen-bond acceptors (Lipinski definition) is 3. The minimum atomic E-state index is 0.153. The first-order valence-electron chi connectivity index (χ1n) is 6.87. The van der Waals surface area contributed by atoms with Gasteiger partial charge < -0.3 is 9.73 Å². The topological polar surface area (TPSA) is 25.2 Å². The molecule has 0 spiro atoms. The summed E-state index contributed by atoms with van der Waals surface area (Å²) in [5.74, 6) is 0.994. The van der Waals surface area contributed by atoms with E-state index in [4.69, 9.17) is 4.42 Å². The SMILES string of the molecule is CC(C)(CNCc1cc2ccccc2o1)c1cccs1. The summed E-state index contributed by atoms with van der Waals surface area (Å²) >= 11 is 1.82. The van der Waals surface area contributed by atoms with Gasteiger partial charge >= 0.3 is 0 Å². The Labute approximate surface area is 123 Å². The van der Waals surface area contributed by atoms with Gasteiger partial charge in [-0.2, -0.15) is 0 Å². The van der Waals surface area contributed by atoms with Crippen molar-refractivity contribution in [1.29, 1.82) is 0 Å². The molecule has 0 bridgehead atoms. The molecule has 2 heterocycles. The number of fused-ring (bicyclic) bond motifs is 1. The Morgan fingerprint density at radius 3 is 2.75 bits per heavy atom. The molecular weight excluding hydrogens is 266 g/mol. The molecule has 104 valence electrons. The molecule has 20 heavy (non-hydrogen) atoms. The average molecular weight is 285 g/mol. The van der Waals surface area contributed by atoms with Crippen LogP contribution in [-0.2, 0) is 12.0 Å². The first-order valence-corrected chi connectivity index (χ1v) is 7.75. The zero-order valence-corrected chi connectivity index (χ0v) is 12.7. The lowest BCUT2D eigenvalue weighted by atomic mass is 9.91. The molecule has 0 amide bonds. The van der Waals surface area contributed by atoms with Crippen LogP contribution in [0.5, 0.6) is 0 Å². The maximum atomic E-state index is 5.81. The summed E-state index contributed by atoms with van der Waals surface area (Å²) in [6, 6.07) is 14.6. The van der Waals surface area contributed by atoms with Crippen molar-refractivity contribution in [2.24, 2.45) is 0 Å². The smallest absolute Gasteiger partial charge is 0.134 e. The van der Waals surface area contributed by atoms with Gasteiger partial charge in [-0.15, -0.1) is 11.3 Å². The summed E-state index contributed by atoms with van der Waals surface area (Å²) in [7, 11) is 0. The van der Waals surface area contributed by atoms with Crippen LogP contribution in [0.25, 0.3) is 11.0 Å². The molecule has 0 saturated carbocycles. The second-order valence-electron chi connectivity index (χ2n) is 5.72. The highest BCUT2D eigenvalue weighted by Crippen LogP contribution is 2.27. The Hall–Kier alpha value is -1.58. The van der Waals surface area contributed by atoms with Crippen molar-refractivity contribution in [3.05, 3.63) is 58.5 Å². The van der Waals surface area contributed by atoms with Crippen LogP contribution in [0.2, 0.25) is 0 Å². The van der Waals surface area contributed by atoms with Gasteiger partial charge in [0.05, 0.1) is 6.54 Å². The van der Waals surface area contributed by atoms with Crippen molar-refractivity contribution in [3.63, 3.8) is 0 Å². The van der Waals surface area contributed by atoms with Crippen LogP contribution in [0.4, 0.5) is 0 Å². The predicted octanol–water partition coefficient (Wildman–Crippen LogP) is 4.56. The first-order chi connectivity index (χ1) is 9.65. The molecule has 0 saturated heterocycles. The number of rotatable bonds is 5. The number of furan rings is 1. The maximum absolute atomic E-state index is 5.81. The fraction of sp³-hybridized carbons (Fsp3) is 0.294. The normalized spacial score (nSPS) is 12.1. The highest BCUT2D eigenvalue weighted by atomic mass is 32.1. The third-order valence-electron chi connectivity index (χ3n) is 3.53. The Bertz CT molecular complexity index is 649. The lowest BCUT2D eigenvalue weighted by Gasteiger charge is -2.23. The van der Waals surface area contributed by atoms with Gasteiger partial charge in [-0.25, -0.2) is 0 Å². The van der Waals surface area contributed by atoms with Gasteiger partial charge in [-0.3, -0.25) is 0 Å². The second kappa shape index (κ2) is 5.43. The summed E-state index contributed by atoms with van der Waals surface area (Å²) in [5, 5.41) is 6.81. The molecule has 0 aliphatic heterocycles. The molecule has 1 aromatic carbocycles. The summed E-state index contributed by atoms with van der Waals surface area (Å²) in [6.45, 7) is 6.24. The van der Waals surface area contributed by atoms with Gasteiger partial charge in [0.25, 0.3) is 0 Å². The summed E-state index contributed by atoms with van der Waals surface area (Å²) in [5.41, 5.74) is 1.11. The maximum Gasteiger partial charge on any atom is 0.134 e. The van der Waals surface area contributed by atoms with Crippen LogP contribution in [-0.4, -0.2) is 6.54 Å². The van der Waals surface area contributed by atoms with E-state index in [0.717, 1.165) is 24.4 Å². The molecule has 2 nitrogen and oxygen atoms in total. The van der Waals surface area contributed by atoms with E-state index in [1.54, 1.807) is 0 Å². The summed E-state index contributed by atoms with van der Waals surface area (Å²) in [6.07, 6.45) is 0. The molecular formula is C17H19NOS. The van der Waals surface area contributed by atoms with E-state index in [1.165, 1.54) is 10.3 Å². The largest absolute Gasteiger partial charge is 0.460 e. The molecule has 0 fully saturated rings. The predicted molar refractivity (Wildman–Crippen MR) is 85.3 cm³/mol. The van der Waals surface area contributed by atoms with E-state index in [1.807, 2.05) is 29.5 Å². The fourth-order valence-corrected chi connectivity index (χ4v) is 3.23. The molecule has 0 aliphatic carbocycles. The number of benzene rings is 1. The zero-order chi connectivity index (χ0) is 14.0. The molecule has 3 aromatic rings. The van der Waals surface area contributed by atoms with Crippen molar-refractivity contribution in [1.82, 2.24) is 5.32 Å². The fourth-order valence-electron chi connectivity index (χ4n) is 2.37. The third kappa shape index (κ3) is 2.79. The molecule has 3 heteroatoms. The molecule has 0 unspecified atom stereocenters. The van der Waals surface area contributed by atoms with Gasteiger partial charge in [-0.05, 0) is 23.6 Å². The number of nitrogens with one attached hydrogen (secondary N) is 1. The monoisotopic (exact) mass is 285 g/mol. The Balaban J connectivity index is 1.62. The molecule has 1 N–H and O–H groups in total. The lowest BCUT2D eigenvalue weighted by molar-refractivity contribution is 0.447. The minimum Gasteiger partial charge on any atom is -0.460 e. The number of para-hydroxylation sites is 1. The Kier molecular flexibility index (Phi) is 3.64. The van der Waals surface area contributed by atoms with Gasteiger partial charge in [0.15, 0.2) is 0 Å². The zero-order valence-electron chi connectivity index (χ0n) is 11.8. The van der Waals surface area contributed by atoms with Crippen molar-refractivity contribution in [2.75, 3.05) is 6.54 Å². The highest BCUT2D eigenvalue weighted by Gasteiger charge is 2.21. The Morgan fingerprint density at radius 1 is 1.15 bits per heavy atom. The van der Waals surface area contributed by atoms with E-state index < -0.39 is 0 Å². The van der Waals surface area contributed by atoms with Crippen LogP contribution in [0.1, 0.15) is 24.5 Å². The van der Waals surface area contributed by atoms with Gasteiger partial charge in [0.1, 0.15) is 11.3 Å². The molecule has 0 atom stereocenters. The Morgan fingerprint density at radius 2 is 2.00 bits per heavy atom. The van der Waals surface area contributed by atoms with E-state index in [-0.39, 0.29) is 5.41 Å². The van der Waals surface area contributed by atoms with Crippen molar-refractivity contribution >= 4 is 22.3 Å². The molecule has 0 aliphatic rings. The van der Waals surface area contributed by atoms with E-state index in [0.29, 0.717) is 0 Å². The number of thiophene rings is 1. The van der Waals surface area contributed by atoms with Crippen molar-refractivity contribution in [3.8, 4) is 0 Å². The first kappa shape index (κ1) is 13.4. The third-order valence-corrected chi connectivity index (χ3v) is 4.77. The number of hydrogen-bond donors (Lipinski definition) is 1. The van der Waals surface area contributed by atoms with Crippen LogP contribution < -0.4 is 5.32 Å². The van der Waals surface area contributed by atoms with Crippen molar-refractivity contribution in [2.45, 2.75) is 25.8 Å². The molecule has 3 rings (SSSR count). The highest BCUT2D eigenvalue weighted by molar-refractivity contribution is 7.10. The van der Waals surface area contributed by atoms with Crippen LogP contribution in [0.15, 0.2) is 52.3 Å². The standard InChI is InChI=1S/C17H19NOS/c1-17(2,16-8-5-9-20-16)12-18-11-14-10-13-6-3-4-7-15(13)19-14/h3-10,18H,11-12H2,1-2H3. The van der Waals surface area contributed by atoms with Crippen LogP contribution in [0.3, 0.4) is 0 Å². The van der Waals surface area contributed by atoms with Gasteiger partial charge in [0.2, 0.25) is 0 Å². The quantitative estimate of drug-likeness (QED) is 0.743. The molecule has 2 aromatic heterocycles. The van der Waals surface area contributed by atoms with E-state index in [9.17, 15) is 0 Å². The molecule has 0 radical (unpaired) electrons. The second-order valence-corrected chi connectivity index (χ2v) is 6.66. The van der Waals surface area contributed by atoms with E-state index in [2.05, 4.69) is 48.8 Å². The lowest BCUT2D eigenvalue weighted by Crippen LogP contribution is -2.31. The average Bonchev–Trinajstić information content (AvgIpc) is 3.07. The van der Waals surface area contributed by atoms with Crippen LogP contribution >= 0.6 is 11.3 Å². The van der Waals surface area contributed by atoms with E-state index >= 15 is 0 Å². The summed E-state index contributed by atoms with van der Waals surface area (Å²) < 4.78 is 5.81.